The Morgan fingerprint density at radius 3 is 1.45 bits per heavy atom. The fraction of sp³-hybridized carbons (Fsp3) is 0. The van der Waals surface area contributed by atoms with Gasteiger partial charge in [-0.15, -0.1) is 0 Å². The molecule has 0 amide bonds. The molecule has 0 unspecified atom stereocenters. The van der Waals surface area contributed by atoms with Crippen molar-refractivity contribution < 1.29 is 4.42 Å². The van der Waals surface area contributed by atoms with E-state index in [9.17, 15) is 0 Å². The van der Waals surface area contributed by atoms with Gasteiger partial charge in [-0.1, -0.05) is 121 Å². The molecule has 3 heterocycles. The molecule has 3 aromatic heterocycles. The predicted molar refractivity (Wildman–Crippen MR) is 231 cm³/mol. The van der Waals surface area contributed by atoms with Gasteiger partial charge in [-0.05, 0) is 94.4 Å². The molecule has 0 saturated heterocycles. The van der Waals surface area contributed by atoms with Crippen molar-refractivity contribution in [3.05, 3.63) is 194 Å². The zero-order chi connectivity index (χ0) is 36.0. The minimum Gasteiger partial charge on any atom is -0.455 e. The van der Waals surface area contributed by atoms with Crippen molar-refractivity contribution in [1.82, 2.24) is 9.13 Å². The molecule has 0 saturated carbocycles. The standard InChI is InChI=1S/C52H32N2O/c1-2-11-38(12-3-1)53-47-16-8-6-14-41(47)45-30-36(23-28-49(45)53)33-18-20-34(21-19-33)37-24-29-50-46(31-37)42-15-7-9-17-48(42)54(50)39-25-27-43-44-26-22-35-10-4-5-13-40(35)52(44)55-51(43)32-39/h1-32H. The molecule has 0 fully saturated rings. The van der Waals surface area contributed by atoms with Crippen LogP contribution in [0.2, 0.25) is 0 Å². The highest BCUT2D eigenvalue weighted by Gasteiger charge is 2.17. The predicted octanol–water partition coefficient (Wildman–Crippen LogP) is 14.3. The van der Waals surface area contributed by atoms with Gasteiger partial charge < -0.3 is 13.6 Å². The number of aromatic nitrogens is 2. The summed E-state index contributed by atoms with van der Waals surface area (Å²) in [5.41, 5.74) is 13.7. The summed E-state index contributed by atoms with van der Waals surface area (Å²) < 4.78 is 11.3. The first-order valence-corrected chi connectivity index (χ1v) is 18.8. The minimum atomic E-state index is 0.896. The molecule has 256 valence electrons. The summed E-state index contributed by atoms with van der Waals surface area (Å²) >= 11 is 0. The molecule has 12 rings (SSSR count). The van der Waals surface area contributed by atoms with Gasteiger partial charge in [0.05, 0.1) is 22.1 Å². The number of para-hydroxylation sites is 3. The van der Waals surface area contributed by atoms with Crippen molar-refractivity contribution >= 4 is 76.3 Å². The van der Waals surface area contributed by atoms with Crippen LogP contribution in [0.1, 0.15) is 0 Å². The molecule has 0 aliphatic rings. The van der Waals surface area contributed by atoms with E-state index in [2.05, 4.69) is 203 Å². The van der Waals surface area contributed by atoms with Crippen LogP contribution in [0.15, 0.2) is 199 Å². The average molecular weight is 701 g/mol. The monoisotopic (exact) mass is 700 g/mol. The summed E-state index contributed by atoms with van der Waals surface area (Å²) in [6.07, 6.45) is 0. The molecule has 0 N–H and O–H groups in total. The highest BCUT2D eigenvalue weighted by atomic mass is 16.3. The lowest BCUT2D eigenvalue weighted by molar-refractivity contribution is 0.672. The fourth-order valence-electron chi connectivity index (χ4n) is 8.93. The van der Waals surface area contributed by atoms with Gasteiger partial charge in [0, 0.05) is 55.1 Å². The lowest BCUT2D eigenvalue weighted by atomic mass is 9.98. The summed E-state index contributed by atoms with van der Waals surface area (Å²) in [6, 6.07) is 70.2. The second-order valence-electron chi connectivity index (χ2n) is 14.5. The van der Waals surface area contributed by atoms with E-state index in [1.807, 2.05) is 0 Å². The second kappa shape index (κ2) is 11.6. The lowest BCUT2D eigenvalue weighted by Crippen LogP contribution is -1.93. The van der Waals surface area contributed by atoms with E-state index in [0.29, 0.717) is 0 Å². The number of fused-ring (bicyclic) bond motifs is 11. The summed E-state index contributed by atoms with van der Waals surface area (Å²) in [4.78, 5) is 0. The van der Waals surface area contributed by atoms with Gasteiger partial charge in [-0.2, -0.15) is 0 Å². The van der Waals surface area contributed by atoms with E-state index >= 15 is 0 Å². The Labute approximate surface area is 316 Å². The van der Waals surface area contributed by atoms with Gasteiger partial charge in [-0.3, -0.25) is 0 Å². The summed E-state index contributed by atoms with van der Waals surface area (Å²) in [5, 5.41) is 9.59. The maximum Gasteiger partial charge on any atom is 0.143 e. The Morgan fingerprint density at radius 2 is 0.800 bits per heavy atom. The third-order valence-corrected chi connectivity index (χ3v) is 11.5. The van der Waals surface area contributed by atoms with Crippen LogP contribution in [0.5, 0.6) is 0 Å². The van der Waals surface area contributed by atoms with E-state index in [0.717, 1.165) is 33.0 Å². The number of nitrogens with zero attached hydrogens (tertiary/aromatic N) is 2. The number of rotatable bonds is 4. The molecule has 0 spiro atoms. The Kier molecular flexibility index (Phi) is 6.34. The second-order valence-corrected chi connectivity index (χ2v) is 14.5. The van der Waals surface area contributed by atoms with Crippen molar-refractivity contribution in [3.63, 3.8) is 0 Å². The van der Waals surface area contributed by atoms with Crippen LogP contribution < -0.4 is 0 Å². The zero-order valence-electron chi connectivity index (χ0n) is 29.8. The van der Waals surface area contributed by atoms with Gasteiger partial charge in [0.2, 0.25) is 0 Å². The van der Waals surface area contributed by atoms with Crippen LogP contribution in [-0.4, -0.2) is 9.13 Å². The molecule has 0 radical (unpaired) electrons. The van der Waals surface area contributed by atoms with Crippen LogP contribution >= 0.6 is 0 Å². The number of hydrogen-bond donors (Lipinski definition) is 0. The van der Waals surface area contributed by atoms with Gasteiger partial charge in [0.25, 0.3) is 0 Å². The topological polar surface area (TPSA) is 23.0 Å². The molecule has 0 aliphatic heterocycles. The first kappa shape index (κ1) is 30.1. The molecule has 12 aromatic rings. The molecule has 55 heavy (non-hydrogen) atoms. The van der Waals surface area contributed by atoms with Crippen LogP contribution in [0.25, 0.3) is 110 Å². The average Bonchev–Trinajstić information content (AvgIpc) is 3.91. The van der Waals surface area contributed by atoms with E-state index in [1.165, 1.54) is 76.9 Å². The third-order valence-electron chi connectivity index (χ3n) is 11.5. The van der Waals surface area contributed by atoms with Crippen molar-refractivity contribution in [3.8, 4) is 33.6 Å². The molecule has 0 bridgehead atoms. The van der Waals surface area contributed by atoms with E-state index in [-0.39, 0.29) is 0 Å². The fourth-order valence-corrected chi connectivity index (χ4v) is 8.93. The highest BCUT2D eigenvalue weighted by molar-refractivity contribution is 6.16. The smallest absolute Gasteiger partial charge is 0.143 e. The normalized spacial score (nSPS) is 12.0. The van der Waals surface area contributed by atoms with E-state index in [1.54, 1.807) is 0 Å². The van der Waals surface area contributed by atoms with Gasteiger partial charge >= 0.3 is 0 Å². The maximum atomic E-state index is 6.59. The first-order chi connectivity index (χ1) is 27.3. The lowest BCUT2D eigenvalue weighted by Gasteiger charge is -2.09. The Balaban J connectivity index is 0.937. The molecule has 3 nitrogen and oxygen atoms in total. The van der Waals surface area contributed by atoms with E-state index in [4.69, 9.17) is 4.42 Å². The first-order valence-electron chi connectivity index (χ1n) is 18.8. The quantitative estimate of drug-likeness (QED) is 0.179. The Bertz CT molecular complexity index is 3470. The minimum absolute atomic E-state index is 0.896. The SMILES string of the molecule is c1ccc(-n2c3ccccc3c3cc(-c4ccc(-c5ccc6c(c5)c5ccccc5n6-c5ccc6c(c5)oc5c7ccccc7ccc65)cc4)ccc32)cc1. The summed E-state index contributed by atoms with van der Waals surface area (Å²) in [6.45, 7) is 0. The molecule has 0 atom stereocenters. The molecule has 3 heteroatoms. The zero-order valence-corrected chi connectivity index (χ0v) is 29.8. The van der Waals surface area contributed by atoms with Crippen LogP contribution in [0.4, 0.5) is 0 Å². The van der Waals surface area contributed by atoms with Crippen molar-refractivity contribution in [2.45, 2.75) is 0 Å². The van der Waals surface area contributed by atoms with Crippen LogP contribution in [0, 0.1) is 0 Å². The maximum absolute atomic E-state index is 6.59. The summed E-state index contributed by atoms with van der Waals surface area (Å²) in [7, 11) is 0. The largest absolute Gasteiger partial charge is 0.455 e. The van der Waals surface area contributed by atoms with Crippen LogP contribution in [-0.2, 0) is 0 Å². The molecule has 9 aromatic carbocycles. The molecular formula is C52H32N2O. The number of hydrogen-bond acceptors (Lipinski definition) is 1. The van der Waals surface area contributed by atoms with E-state index < -0.39 is 0 Å². The van der Waals surface area contributed by atoms with Crippen molar-refractivity contribution in [2.75, 3.05) is 0 Å². The molecular weight excluding hydrogens is 669 g/mol. The third kappa shape index (κ3) is 4.50. The van der Waals surface area contributed by atoms with Gasteiger partial charge in [0.1, 0.15) is 11.2 Å². The highest BCUT2D eigenvalue weighted by Crippen LogP contribution is 2.40. The molecule has 0 aliphatic carbocycles. The number of furan rings is 1. The van der Waals surface area contributed by atoms with Gasteiger partial charge in [-0.25, -0.2) is 0 Å². The van der Waals surface area contributed by atoms with Crippen LogP contribution in [0.3, 0.4) is 0 Å². The Hall–Kier alpha value is -7.36. The van der Waals surface area contributed by atoms with Crippen molar-refractivity contribution in [2.24, 2.45) is 0 Å². The summed E-state index contributed by atoms with van der Waals surface area (Å²) in [5.74, 6) is 0. The van der Waals surface area contributed by atoms with Crippen molar-refractivity contribution in [1.29, 1.82) is 0 Å². The van der Waals surface area contributed by atoms with Gasteiger partial charge in [0.15, 0.2) is 0 Å². The number of benzene rings is 9. The Morgan fingerprint density at radius 1 is 0.291 bits per heavy atom.